The first-order valence-corrected chi connectivity index (χ1v) is 11.1. The molecule has 0 aromatic heterocycles. The first-order chi connectivity index (χ1) is 14.8. The summed E-state index contributed by atoms with van der Waals surface area (Å²) in [7, 11) is 0. The number of carboxylic acid groups (broad SMARTS) is 1. The molecule has 3 rings (SSSR count). The number of carboxylic acids is 1. The third-order valence-electron chi connectivity index (χ3n) is 4.11. The minimum Gasteiger partial charge on any atom is -0.490 e. The molecule has 1 saturated heterocycles. The maximum Gasteiger partial charge on any atom is 0.323 e. The molecule has 31 heavy (non-hydrogen) atoms. The quantitative estimate of drug-likeness (QED) is 0.393. The van der Waals surface area contributed by atoms with Crippen LogP contribution in [0.15, 0.2) is 41.3 Å². The van der Waals surface area contributed by atoms with Crippen LogP contribution in [0.5, 0.6) is 11.5 Å². The Kier molecular flexibility index (Phi) is 7.83. The average molecular weight is 498 g/mol. The molecule has 1 fully saturated rings. The standard InChI is InChI=1S/C21H17Cl2NO5S2/c1-2-28-17-8-12(9-18-20(27)24(10-19(25)26)21(30)31-18)4-6-16(17)29-11-13-3-5-14(22)15(23)7-13/h3-9H,2,10-11H2,1H3,(H,25,26). The molecular weight excluding hydrogens is 481 g/mol. The van der Waals surface area contributed by atoms with E-state index in [1.165, 1.54) is 0 Å². The summed E-state index contributed by atoms with van der Waals surface area (Å²) in [6, 6.07) is 10.5. The lowest BCUT2D eigenvalue weighted by Crippen LogP contribution is -2.33. The van der Waals surface area contributed by atoms with Crippen molar-refractivity contribution in [3.8, 4) is 11.5 Å². The van der Waals surface area contributed by atoms with Crippen molar-refractivity contribution in [3.05, 3.63) is 62.5 Å². The van der Waals surface area contributed by atoms with Gasteiger partial charge in [-0.25, -0.2) is 0 Å². The number of halogens is 2. The molecule has 1 heterocycles. The number of amides is 1. The number of nitrogens with zero attached hydrogens (tertiary/aromatic N) is 1. The molecule has 2 aromatic rings. The number of ether oxygens (including phenoxy) is 2. The topological polar surface area (TPSA) is 76.1 Å². The highest BCUT2D eigenvalue weighted by molar-refractivity contribution is 8.26. The van der Waals surface area contributed by atoms with E-state index >= 15 is 0 Å². The van der Waals surface area contributed by atoms with Crippen LogP contribution < -0.4 is 9.47 Å². The number of benzene rings is 2. The second-order valence-corrected chi connectivity index (χ2v) is 8.83. The van der Waals surface area contributed by atoms with Gasteiger partial charge in [-0.3, -0.25) is 14.5 Å². The predicted molar refractivity (Wildman–Crippen MR) is 126 cm³/mol. The van der Waals surface area contributed by atoms with E-state index < -0.39 is 18.4 Å². The second-order valence-electron chi connectivity index (χ2n) is 6.34. The Balaban J connectivity index is 1.79. The van der Waals surface area contributed by atoms with Crippen LogP contribution in [0.4, 0.5) is 0 Å². The first kappa shape index (κ1) is 23.4. The molecule has 2 aromatic carbocycles. The van der Waals surface area contributed by atoms with Crippen molar-refractivity contribution in [2.45, 2.75) is 13.5 Å². The number of thiocarbonyl (C=S) groups is 1. The van der Waals surface area contributed by atoms with Crippen LogP contribution in [0.2, 0.25) is 10.0 Å². The SMILES string of the molecule is CCOc1cc(C=C2SC(=S)N(CC(=O)O)C2=O)ccc1OCc1ccc(Cl)c(Cl)c1. The number of rotatable bonds is 8. The number of carbonyl (C=O) groups is 2. The Morgan fingerprint density at radius 2 is 1.94 bits per heavy atom. The van der Waals surface area contributed by atoms with E-state index in [4.69, 9.17) is 50.0 Å². The van der Waals surface area contributed by atoms with Crippen LogP contribution in [-0.2, 0) is 16.2 Å². The third-order valence-corrected chi connectivity index (χ3v) is 6.23. The Morgan fingerprint density at radius 3 is 2.61 bits per heavy atom. The number of aliphatic carboxylic acids is 1. The van der Waals surface area contributed by atoms with Crippen LogP contribution in [0, 0.1) is 0 Å². The minimum atomic E-state index is -1.13. The monoisotopic (exact) mass is 497 g/mol. The molecule has 0 spiro atoms. The zero-order valence-electron chi connectivity index (χ0n) is 16.3. The molecule has 0 saturated carbocycles. The molecule has 0 bridgehead atoms. The van der Waals surface area contributed by atoms with Crippen molar-refractivity contribution in [2.24, 2.45) is 0 Å². The predicted octanol–water partition coefficient (Wildman–Crippen LogP) is 5.26. The van der Waals surface area contributed by atoms with Gasteiger partial charge in [-0.05, 0) is 48.4 Å². The van der Waals surface area contributed by atoms with E-state index in [0.29, 0.717) is 38.6 Å². The first-order valence-electron chi connectivity index (χ1n) is 9.09. The zero-order chi connectivity index (χ0) is 22.5. The summed E-state index contributed by atoms with van der Waals surface area (Å²) >= 11 is 18.2. The van der Waals surface area contributed by atoms with Crippen molar-refractivity contribution in [1.82, 2.24) is 4.90 Å². The van der Waals surface area contributed by atoms with E-state index in [-0.39, 0.29) is 10.9 Å². The number of thioether (sulfide) groups is 1. The zero-order valence-corrected chi connectivity index (χ0v) is 19.4. The fraction of sp³-hybridized carbons (Fsp3) is 0.190. The van der Waals surface area contributed by atoms with Crippen molar-refractivity contribution in [1.29, 1.82) is 0 Å². The molecule has 1 aliphatic heterocycles. The van der Waals surface area contributed by atoms with E-state index in [2.05, 4.69) is 0 Å². The van der Waals surface area contributed by atoms with Gasteiger partial charge in [-0.1, -0.05) is 59.3 Å². The Labute approximate surface area is 198 Å². The number of hydrogen-bond donors (Lipinski definition) is 1. The summed E-state index contributed by atoms with van der Waals surface area (Å²) in [6.45, 7) is 2.08. The van der Waals surface area contributed by atoms with Crippen LogP contribution in [0.1, 0.15) is 18.1 Å². The van der Waals surface area contributed by atoms with E-state index in [1.54, 1.807) is 36.4 Å². The van der Waals surface area contributed by atoms with Crippen LogP contribution in [-0.4, -0.2) is 39.4 Å². The summed E-state index contributed by atoms with van der Waals surface area (Å²) in [6.07, 6.45) is 1.65. The molecule has 1 amide bonds. The molecule has 10 heteroatoms. The van der Waals surface area contributed by atoms with Crippen molar-refractivity contribution >= 4 is 69.5 Å². The average Bonchev–Trinajstić information content (AvgIpc) is 2.97. The van der Waals surface area contributed by atoms with E-state index in [9.17, 15) is 9.59 Å². The highest BCUT2D eigenvalue weighted by Gasteiger charge is 2.33. The fourth-order valence-electron chi connectivity index (χ4n) is 2.72. The van der Waals surface area contributed by atoms with Crippen molar-refractivity contribution < 1.29 is 24.2 Å². The van der Waals surface area contributed by atoms with Crippen molar-refractivity contribution in [3.63, 3.8) is 0 Å². The molecule has 6 nitrogen and oxygen atoms in total. The van der Waals surface area contributed by atoms with Crippen LogP contribution in [0.3, 0.4) is 0 Å². The van der Waals surface area contributed by atoms with Gasteiger partial charge in [0.25, 0.3) is 5.91 Å². The maximum atomic E-state index is 12.5. The smallest absolute Gasteiger partial charge is 0.323 e. The molecule has 0 atom stereocenters. The van der Waals surface area contributed by atoms with Gasteiger partial charge in [0, 0.05) is 0 Å². The second kappa shape index (κ2) is 10.4. The van der Waals surface area contributed by atoms with Crippen LogP contribution in [0.25, 0.3) is 6.08 Å². The van der Waals surface area contributed by atoms with Gasteiger partial charge in [0.1, 0.15) is 17.5 Å². The Bertz CT molecular complexity index is 1070. The lowest BCUT2D eigenvalue weighted by molar-refractivity contribution is -0.140. The largest absolute Gasteiger partial charge is 0.490 e. The molecule has 1 aliphatic rings. The molecule has 0 unspecified atom stereocenters. The summed E-state index contributed by atoms with van der Waals surface area (Å²) < 4.78 is 11.8. The lowest BCUT2D eigenvalue weighted by atomic mass is 10.1. The van der Waals surface area contributed by atoms with Gasteiger partial charge in [0.15, 0.2) is 11.5 Å². The van der Waals surface area contributed by atoms with Gasteiger partial charge >= 0.3 is 5.97 Å². The van der Waals surface area contributed by atoms with E-state index in [1.807, 2.05) is 13.0 Å². The van der Waals surface area contributed by atoms with Crippen molar-refractivity contribution in [2.75, 3.05) is 13.2 Å². The highest BCUT2D eigenvalue weighted by atomic mass is 35.5. The lowest BCUT2D eigenvalue weighted by Gasteiger charge is -2.13. The fourth-order valence-corrected chi connectivity index (χ4v) is 4.29. The van der Waals surface area contributed by atoms with Gasteiger partial charge < -0.3 is 14.6 Å². The van der Waals surface area contributed by atoms with E-state index in [0.717, 1.165) is 22.2 Å². The summed E-state index contributed by atoms with van der Waals surface area (Å²) in [5.41, 5.74) is 1.55. The van der Waals surface area contributed by atoms with Crippen LogP contribution >= 0.6 is 47.2 Å². The molecule has 1 N–H and O–H groups in total. The summed E-state index contributed by atoms with van der Waals surface area (Å²) in [4.78, 5) is 24.8. The molecule has 162 valence electrons. The maximum absolute atomic E-state index is 12.5. The Hall–Kier alpha value is -2.26. The Morgan fingerprint density at radius 1 is 1.16 bits per heavy atom. The normalized spacial score (nSPS) is 14.9. The van der Waals surface area contributed by atoms with Gasteiger partial charge in [-0.2, -0.15) is 0 Å². The molecule has 0 aliphatic carbocycles. The summed E-state index contributed by atoms with van der Waals surface area (Å²) in [5.74, 6) is -0.518. The van der Waals surface area contributed by atoms with Gasteiger partial charge in [0.2, 0.25) is 0 Å². The molecular formula is C21H17Cl2NO5S2. The van der Waals surface area contributed by atoms with Gasteiger partial charge in [0.05, 0.1) is 21.6 Å². The number of hydrogen-bond acceptors (Lipinski definition) is 6. The summed E-state index contributed by atoms with van der Waals surface area (Å²) in [5, 5.41) is 9.86. The minimum absolute atomic E-state index is 0.213. The molecule has 0 radical (unpaired) electrons. The number of carbonyl (C=O) groups excluding carboxylic acids is 1. The highest BCUT2D eigenvalue weighted by Crippen LogP contribution is 2.35. The third kappa shape index (κ3) is 5.92. The van der Waals surface area contributed by atoms with Gasteiger partial charge in [-0.15, -0.1) is 0 Å².